The minimum atomic E-state index is 0.777. The first-order chi connectivity index (χ1) is 6.72. The second-order valence-corrected chi connectivity index (χ2v) is 4.12. The van der Waals surface area contributed by atoms with E-state index in [1.54, 1.807) is 0 Å². The summed E-state index contributed by atoms with van der Waals surface area (Å²) in [5.74, 6) is 0. The molecule has 1 aliphatic carbocycles. The van der Waals surface area contributed by atoms with E-state index in [-0.39, 0.29) is 0 Å². The Labute approximate surface area is 85.5 Å². The maximum atomic E-state index is 4.50. The van der Waals surface area contributed by atoms with Crippen LogP contribution in [0.15, 0.2) is 0 Å². The molecule has 78 valence electrons. The summed E-state index contributed by atoms with van der Waals surface area (Å²) in [6.07, 6.45) is 2.69. The minimum Gasteiger partial charge on any atom is -0.310 e. The van der Waals surface area contributed by atoms with Crippen molar-refractivity contribution in [2.45, 2.75) is 52.7 Å². The fraction of sp³-hybridized carbons (Fsp3) is 0.727. The van der Waals surface area contributed by atoms with Crippen LogP contribution in [0.25, 0.3) is 0 Å². The molecule has 0 saturated heterocycles. The van der Waals surface area contributed by atoms with Crippen LogP contribution in [-0.4, -0.2) is 15.8 Å². The van der Waals surface area contributed by atoms with E-state index in [2.05, 4.69) is 35.9 Å². The molecule has 0 spiro atoms. The Kier molecular flexibility index (Phi) is 2.59. The van der Waals surface area contributed by atoms with E-state index in [0.29, 0.717) is 0 Å². The third-order valence-corrected chi connectivity index (χ3v) is 2.98. The SMILES string of the molecule is CCn1nc(C)c(CNC2CC2)c1C. The van der Waals surface area contributed by atoms with Crippen molar-refractivity contribution < 1.29 is 0 Å². The fourth-order valence-corrected chi connectivity index (χ4v) is 1.83. The zero-order valence-electron chi connectivity index (χ0n) is 9.30. The lowest BCUT2D eigenvalue weighted by Crippen LogP contribution is -2.16. The standard InChI is InChI=1S/C11H19N3/c1-4-14-9(3)11(8(2)13-14)7-12-10-5-6-10/h10,12H,4-7H2,1-3H3. The Morgan fingerprint density at radius 3 is 2.64 bits per heavy atom. The van der Waals surface area contributed by atoms with Crippen LogP contribution in [0, 0.1) is 13.8 Å². The molecule has 0 aromatic carbocycles. The van der Waals surface area contributed by atoms with Crippen molar-refractivity contribution in [2.24, 2.45) is 0 Å². The first kappa shape index (κ1) is 9.71. The highest BCUT2D eigenvalue weighted by Gasteiger charge is 2.21. The van der Waals surface area contributed by atoms with Gasteiger partial charge in [-0.2, -0.15) is 5.10 Å². The van der Waals surface area contributed by atoms with Gasteiger partial charge in [-0.15, -0.1) is 0 Å². The molecule has 14 heavy (non-hydrogen) atoms. The maximum absolute atomic E-state index is 4.50. The molecule has 0 unspecified atom stereocenters. The van der Waals surface area contributed by atoms with E-state index in [1.807, 2.05) is 0 Å². The van der Waals surface area contributed by atoms with Gasteiger partial charge in [-0.1, -0.05) is 0 Å². The first-order valence-electron chi connectivity index (χ1n) is 5.48. The highest BCUT2D eigenvalue weighted by Crippen LogP contribution is 2.20. The summed E-state index contributed by atoms with van der Waals surface area (Å²) in [4.78, 5) is 0. The molecule has 0 bridgehead atoms. The van der Waals surface area contributed by atoms with Gasteiger partial charge in [-0.25, -0.2) is 0 Å². The first-order valence-corrected chi connectivity index (χ1v) is 5.48. The maximum Gasteiger partial charge on any atom is 0.0641 e. The highest BCUT2D eigenvalue weighted by molar-refractivity contribution is 5.24. The van der Waals surface area contributed by atoms with Crippen LogP contribution in [0.2, 0.25) is 0 Å². The molecule has 1 N–H and O–H groups in total. The van der Waals surface area contributed by atoms with Gasteiger partial charge in [0.1, 0.15) is 0 Å². The molecule has 0 radical (unpaired) electrons. The highest BCUT2D eigenvalue weighted by atomic mass is 15.3. The molecule has 1 heterocycles. The van der Waals surface area contributed by atoms with Crippen LogP contribution in [0.1, 0.15) is 36.7 Å². The van der Waals surface area contributed by atoms with E-state index in [9.17, 15) is 0 Å². The predicted molar refractivity (Wildman–Crippen MR) is 57.2 cm³/mol. The van der Waals surface area contributed by atoms with Crippen LogP contribution >= 0.6 is 0 Å². The van der Waals surface area contributed by atoms with Gasteiger partial charge in [-0.05, 0) is 33.6 Å². The topological polar surface area (TPSA) is 29.9 Å². The van der Waals surface area contributed by atoms with Crippen LogP contribution in [0.4, 0.5) is 0 Å². The number of rotatable bonds is 4. The van der Waals surface area contributed by atoms with Gasteiger partial charge in [0.25, 0.3) is 0 Å². The lowest BCUT2D eigenvalue weighted by atomic mass is 10.2. The molecule has 0 amide bonds. The van der Waals surface area contributed by atoms with E-state index in [4.69, 9.17) is 0 Å². The van der Waals surface area contributed by atoms with Gasteiger partial charge in [0.15, 0.2) is 0 Å². The molecular weight excluding hydrogens is 174 g/mol. The fourth-order valence-electron chi connectivity index (χ4n) is 1.83. The van der Waals surface area contributed by atoms with Gasteiger partial charge in [-0.3, -0.25) is 4.68 Å². The zero-order chi connectivity index (χ0) is 10.1. The summed E-state index contributed by atoms with van der Waals surface area (Å²) >= 11 is 0. The summed E-state index contributed by atoms with van der Waals surface area (Å²) in [7, 11) is 0. The second kappa shape index (κ2) is 3.73. The number of aryl methyl sites for hydroxylation is 2. The van der Waals surface area contributed by atoms with E-state index < -0.39 is 0 Å². The Morgan fingerprint density at radius 2 is 2.14 bits per heavy atom. The molecule has 1 aliphatic rings. The van der Waals surface area contributed by atoms with Gasteiger partial charge < -0.3 is 5.32 Å². The van der Waals surface area contributed by atoms with Crippen molar-refractivity contribution in [1.29, 1.82) is 0 Å². The average Bonchev–Trinajstić information content (AvgIpc) is 2.93. The van der Waals surface area contributed by atoms with Crippen LogP contribution < -0.4 is 5.32 Å². The largest absolute Gasteiger partial charge is 0.310 e. The lowest BCUT2D eigenvalue weighted by molar-refractivity contribution is 0.630. The quantitative estimate of drug-likeness (QED) is 0.790. The van der Waals surface area contributed by atoms with Crippen LogP contribution in [0.5, 0.6) is 0 Å². The van der Waals surface area contributed by atoms with Gasteiger partial charge in [0, 0.05) is 30.4 Å². The molecule has 1 saturated carbocycles. The average molecular weight is 193 g/mol. The molecule has 3 heteroatoms. The Hall–Kier alpha value is -0.830. The third-order valence-electron chi connectivity index (χ3n) is 2.98. The molecule has 1 aromatic rings. The van der Waals surface area contributed by atoms with Crippen molar-refractivity contribution in [2.75, 3.05) is 0 Å². The summed E-state index contributed by atoms with van der Waals surface area (Å²) in [6.45, 7) is 8.35. The molecule has 0 atom stereocenters. The predicted octanol–water partition coefficient (Wildman–Crippen LogP) is 1.77. The van der Waals surface area contributed by atoms with Crippen molar-refractivity contribution in [1.82, 2.24) is 15.1 Å². The lowest BCUT2D eigenvalue weighted by Gasteiger charge is -2.03. The number of aromatic nitrogens is 2. The van der Waals surface area contributed by atoms with Crippen LogP contribution in [0.3, 0.4) is 0 Å². The van der Waals surface area contributed by atoms with E-state index in [1.165, 1.54) is 29.8 Å². The summed E-state index contributed by atoms with van der Waals surface area (Å²) in [5.41, 5.74) is 3.88. The van der Waals surface area contributed by atoms with Crippen molar-refractivity contribution in [3.8, 4) is 0 Å². The number of hydrogen-bond donors (Lipinski definition) is 1. The normalized spacial score (nSPS) is 16.2. The molecule has 1 aromatic heterocycles. The number of nitrogens with zero attached hydrogens (tertiary/aromatic N) is 2. The zero-order valence-corrected chi connectivity index (χ0v) is 9.30. The Balaban J connectivity index is 2.09. The van der Waals surface area contributed by atoms with E-state index in [0.717, 1.165) is 19.1 Å². The van der Waals surface area contributed by atoms with Gasteiger partial charge in [0.05, 0.1) is 5.69 Å². The van der Waals surface area contributed by atoms with Gasteiger partial charge >= 0.3 is 0 Å². The van der Waals surface area contributed by atoms with Crippen molar-refractivity contribution in [3.05, 3.63) is 17.0 Å². The molecule has 3 nitrogen and oxygen atoms in total. The molecular formula is C11H19N3. The minimum absolute atomic E-state index is 0.777. The third kappa shape index (κ3) is 1.82. The summed E-state index contributed by atoms with van der Waals surface area (Å²) in [6, 6.07) is 0.777. The molecule has 0 aliphatic heterocycles. The van der Waals surface area contributed by atoms with Crippen molar-refractivity contribution >= 4 is 0 Å². The second-order valence-electron chi connectivity index (χ2n) is 4.12. The molecule has 1 fully saturated rings. The Morgan fingerprint density at radius 1 is 1.43 bits per heavy atom. The number of nitrogens with one attached hydrogen (secondary N) is 1. The van der Waals surface area contributed by atoms with Crippen molar-refractivity contribution in [3.63, 3.8) is 0 Å². The monoisotopic (exact) mass is 193 g/mol. The van der Waals surface area contributed by atoms with E-state index >= 15 is 0 Å². The smallest absolute Gasteiger partial charge is 0.0641 e. The summed E-state index contributed by atoms with van der Waals surface area (Å²) in [5, 5.41) is 8.04. The van der Waals surface area contributed by atoms with Crippen LogP contribution in [-0.2, 0) is 13.1 Å². The Bertz CT molecular complexity index is 324. The van der Waals surface area contributed by atoms with Gasteiger partial charge in [0.2, 0.25) is 0 Å². The molecule has 2 rings (SSSR count). The summed E-state index contributed by atoms with van der Waals surface area (Å²) < 4.78 is 2.08. The number of hydrogen-bond acceptors (Lipinski definition) is 2.